The molecule has 0 radical (unpaired) electrons. The molecule has 72 valence electrons. The van der Waals surface area contributed by atoms with Gasteiger partial charge in [-0.1, -0.05) is 0 Å². The number of aliphatic carboxylic acids is 1. The van der Waals surface area contributed by atoms with E-state index in [1.165, 1.54) is 0 Å². The van der Waals surface area contributed by atoms with E-state index in [1.54, 1.807) is 0 Å². The van der Waals surface area contributed by atoms with Gasteiger partial charge in [-0.25, -0.2) is 0 Å². The lowest BCUT2D eigenvalue weighted by atomic mass is 9.91. The molecule has 0 spiro atoms. The zero-order valence-corrected chi connectivity index (χ0v) is 7.14. The number of rotatable bonds is 1. The van der Waals surface area contributed by atoms with Crippen LogP contribution in [0.4, 0.5) is 0 Å². The van der Waals surface area contributed by atoms with Gasteiger partial charge in [0.15, 0.2) is 0 Å². The van der Waals surface area contributed by atoms with Crippen LogP contribution in [0.1, 0.15) is 19.3 Å². The predicted octanol–water partition coefficient (Wildman–Crippen LogP) is 0.0471. The first-order valence-electron chi connectivity index (χ1n) is 4.52. The van der Waals surface area contributed by atoms with E-state index >= 15 is 0 Å². The molecule has 0 aliphatic heterocycles. The fourth-order valence-electron chi connectivity index (χ4n) is 2.72. The average molecular weight is 184 g/mol. The predicted molar refractivity (Wildman–Crippen MR) is 43.0 cm³/mol. The van der Waals surface area contributed by atoms with Crippen molar-refractivity contribution < 1.29 is 19.8 Å². The van der Waals surface area contributed by atoms with Crippen LogP contribution in [0.5, 0.6) is 0 Å². The van der Waals surface area contributed by atoms with Crippen LogP contribution in [-0.2, 0) is 9.59 Å². The van der Waals surface area contributed by atoms with Gasteiger partial charge in [0.2, 0.25) is 0 Å². The van der Waals surface area contributed by atoms with Gasteiger partial charge in [0.1, 0.15) is 5.78 Å². The monoisotopic (exact) mass is 184 g/mol. The van der Waals surface area contributed by atoms with Crippen molar-refractivity contribution in [1.82, 2.24) is 0 Å². The molecule has 0 saturated heterocycles. The standard InChI is InChI=1S/C9H12O4/c10-5-1-4-2-7(11)8(9(12)13)6(4)3-5/h4,6-8,11H,1-3H2,(H,12,13). The van der Waals surface area contributed by atoms with Gasteiger partial charge < -0.3 is 10.2 Å². The number of carboxylic acids is 1. The van der Waals surface area contributed by atoms with E-state index in [1.807, 2.05) is 0 Å². The summed E-state index contributed by atoms with van der Waals surface area (Å²) in [5.74, 6) is -1.53. The Hall–Kier alpha value is -0.900. The van der Waals surface area contributed by atoms with E-state index in [0.717, 1.165) is 0 Å². The first-order chi connectivity index (χ1) is 6.09. The summed E-state index contributed by atoms with van der Waals surface area (Å²) in [6.07, 6.45) is 0.540. The quantitative estimate of drug-likeness (QED) is 0.603. The van der Waals surface area contributed by atoms with E-state index in [2.05, 4.69) is 0 Å². The fraction of sp³-hybridized carbons (Fsp3) is 0.778. The Morgan fingerprint density at radius 2 is 2.08 bits per heavy atom. The summed E-state index contributed by atoms with van der Waals surface area (Å²) in [6.45, 7) is 0. The Kier molecular flexibility index (Phi) is 1.87. The molecule has 2 aliphatic carbocycles. The van der Waals surface area contributed by atoms with Crippen LogP contribution >= 0.6 is 0 Å². The number of hydrogen-bond acceptors (Lipinski definition) is 3. The summed E-state index contributed by atoms with van der Waals surface area (Å²) in [6, 6.07) is 0. The van der Waals surface area contributed by atoms with E-state index in [0.29, 0.717) is 19.3 Å². The van der Waals surface area contributed by atoms with Crippen molar-refractivity contribution in [2.24, 2.45) is 17.8 Å². The molecule has 2 rings (SSSR count). The van der Waals surface area contributed by atoms with Crippen molar-refractivity contribution in [3.8, 4) is 0 Å². The zero-order chi connectivity index (χ0) is 9.59. The maximum Gasteiger partial charge on any atom is 0.309 e. The summed E-state index contributed by atoms with van der Waals surface area (Å²) in [7, 11) is 0. The molecular formula is C9H12O4. The lowest BCUT2D eigenvalue weighted by Gasteiger charge is -2.14. The van der Waals surface area contributed by atoms with Crippen LogP contribution in [-0.4, -0.2) is 28.1 Å². The topological polar surface area (TPSA) is 74.6 Å². The molecule has 2 aliphatic rings. The van der Waals surface area contributed by atoms with Crippen molar-refractivity contribution in [1.29, 1.82) is 0 Å². The summed E-state index contributed by atoms with van der Waals surface area (Å²) in [5, 5.41) is 18.3. The highest BCUT2D eigenvalue weighted by molar-refractivity contribution is 5.83. The zero-order valence-electron chi connectivity index (χ0n) is 7.14. The average Bonchev–Trinajstić information content (AvgIpc) is 2.41. The molecule has 0 aromatic heterocycles. The smallest absolute Gasteiger partial charge is 0.309 e. The normalized spacial score (nSPS) is 43.6. The number of fused-ring (bicyclic) bond motifs is 1. The van der Waals surface area contributed by atoms with Gasteiger partial charge in [0.25, 0.3) is 0 Å². The molecule has 0 heterocycles. The maximum atomic E-state index is 11.1. The molecule has 0 bridgehead atoms. The molecule has 0 aromatic carbocycles. The van der Waals surface area contributed by atoms with Gasteiger partial charge in [-0.3, -0.25) is 9.59 Å². The van der Waals surface area contributed by atoms with Gasteiger partial charge in [-0.15, -0.1) is 0 Å². The molecular weight excluding hydrogens is 172 g/mol. The van der Waals surface area contributed by atoms with Crippen molar-refractivity contribution in [3.63, 3.8) is 0 Å². The number of aliphatic hydroxyl groups excluding tert-OH is 1. The largest absolute Gasteiger partial charge is 0.481 e. The number of carboxylic acid groups (broad SMARTS) is 1. The lowest BCUT2D eigenvalue weighted by molar-refractivity contribution is -0.146. The molecule has 2 N–H and O–H groups in total. The van der Waals surface area contributed by atoms with E-state index in [9.17, 15) is 14.7 Å². The third-order valence-electron chi connectivity index (χ3n) is 3.26. The van der Waals surface area contributed by atoms with Crippen molar-refractivity contribution in [2.45, 2.75) is 25.4 Å². The molecule has 4 heteroatoms. The molecule has 0 aromatic rings. The van der Waals surface area contributed by atoms with Crippen molar-refractivity contribution >= 4 is 11.8 Å². The van der Waals surface area contributed by atoms with Crippen LogP contribution in [0.25, 0.3) is 0 Å². The van der Waals surface area contributed by atoms with Crippen LogP contribution < -0.4 is 0 Å². The van der Waals surface area contributed by atoms with Gasteiger partial charge in [0, 0.05) is 12.8 Å². The number of carbonyl (C=O) groups is 2. The van der Waals surface area contributed by atoms with Crippen molar-refractivity contribution in [2.75, 3.05) is 0 Å². The van der Waals surface area contributed by atoms with Gasteiger partial charge >= 0.3 is 5.97 Å². The van der Waals surface area contributed by atoms with Gasteiger partial charge in [0.05, 0.1) is 12.0 Å². The molecule has 4 atom stereocenters. The van der Waals surface area contributed by atoms with Crippen LogP contribution in [0.15, 0.2) is 0 Å². The number of hydrogen-bond donors (Lipinski definition) is 2. The Bertz CT molecular complexity index is 260. The highest BCUT2D eigenvalue weighted by Crippen LogP contribution is 2.46. The summed E-state index contributed by atoms with van der Waals surface area (Å²) >= 11 is 0. The summed E-state index contributed by atoms with van der Waals surface area (Å²) in [4.78, 5) is 21.8. The highest BCUT2D eigenvalue weighted by atomic mass is 16.4. The maximum absolute atomic E-state index is 11.1. The summed E-state index contributed by atoms with van der Waals surface area (Å²) in [5.41, 5.74) is 0. The fourth-order valence-corrected chi connectivity index (χ4v) is 2.72. The first kappa shape index (κ1) is 8.69. The molecule has 0 amide bonds. The SMILES string of the molecule is O=C1CC2CC(O)C(C(=O)O)C2C1. The number of carbonyl (C=O) groups excluding carboxylic acids is 1. The summed E-state index contributed by atoms with van der Waals surface area (Å²) < 4.78 is 0. The number of ketones is 1. The van der Waals surface area contributed by atoms with Crippen molar-refractivity contribution in [3.05, 3.63) is 0 Å². The lowest BCUT2D eigenvalue weighted by Crippen LogP contribution is -2.28. The minimum atomic E-state index is -0.963. The van der Waals surface area contributed by atoms with Gasteiger partial charge in [-0.05, 0) is 18.3 Å². The highest BCUT2D eigenvalue weighted by Gasteiger charge is 2.50. The molecule has 4 nitrogen and oxygen atoms in total. The minimum absolute atomic E-state index is 0.111. The minimum Gasteiger partial charge on any atom is -0.481 e. The Morgan fingerprint density at radius 1 is 1.38 bits per heavy atom. The molecule has 13 heavy (non-hydrogen) atoms. The Labute approximate surface area is 75.6 Å². The molecule has 2 saturated carbocycles. The first-order valence-corrected chi connectivity index (χ1v) is 4.52. The third-order valence-corrected chi connectivity index (χ3v) is 3.26. The Balaban J connectivity index is 2.19. The van der Waals surface area contributed by atoms with Gasteiger partial charge in [-0.2, -0.15) is 0 Å². The number of aliphatic hydroxyl groups is 1. The number of Topliss-reactive ketones (excluding diaryl/α,β-unsaturated/α-hetero) is 1. The van der Waals surface area contributed by atoms with E-state index in [-0.39, 0.29) is 17.6 Å². The van der Waals surface area contributed by atoms with Crippen LogP contribution in [0.2, 0.25) is 0 Å². The van der Waals surface area contributed by atoms with E-state index in [4.69, 9.17) is 5.11 Å². The molecule has 4 unspecified atom stereocenters. The molecule has 2 fully saturated rings. The second-order valence-corrected chi connectivity index (χ2v) is 4.04. The Morgan fingerprint density at radius 3 is 2.69 bits per heavy atom. The second kappa shape index (κ2) is 2.80. The third kappa shape index (κ3) is 1.25. The second-order valence-electron chi connectivity index (χ2n) is 4.04. The van der Waals surface area contributed by atoms with Crippen LogP contribution in [0.3, 0.4) is 0 Å². The van der Waals surface area contributed by atoms with E-state index < -0.39 is 18.0 Å². The van der Waals surface area contributed by atoms with Crippen LogP contribution in [0, 0.1) is 17.8 Å².